The molecule has 0 spiro atoms. The Morgan fingerprint density at radius 3 is 1.22 bits per heavy atom. The molecule has 65 heavy (non-hydrogen) atoms. The average molecular weight is 893 g/mol. The highest BCUT2D eigenvalue weighted by Gasteiger charge is 2.33. The quantitative estimate of drug-likeness (QED) is 0.0328. The molecule has 0 fully saturated rings. The number of ether oxygens (including phenoxy) is 4. The van der Waals surface area contributed by atoms with E-state index in [-0.39, 0.29) is 11.6 Å². The number of hydrogen-bond acceptors (Lipinski definition) is 4. The van der Waals surface area contributed by atoms with Crippen molar-refractivity contribution >= 4 is 18.5 Å². The number of rotatable bonds is 31. The zero-order valence-electron chi connectivity index (χ0n) is 40.2. The fraction of sp³-hybridized carbons (Fsp3) is 0.433. The molecule has 0 heterocycles. The van der Waals surface area contributed by atoms with Gasteiger partial charge in [0.15, 0.2) is 0 Å². The van der Waals surface area contributed by atoms with Crippen LogP contribution in [0.25, 0.3) is 22.3 Å². The van der Waals surface area contributed by atoms with Crippen molar-refractivity contribution in [2.45, 2.75) is 136 Å². The summed E-state index contributed by atoms with van der Waals surface area (Å²) in [5.74, 6) is 3.75. The highest BCUT2D eigenvalue weighted by atomic mass is 31.1. The Bertz CT molecular complexity index is 2020. The predicted octanol–water partition coefficient (Wildman–Crippen LogP) is 16.8. The summed E-state index contributed by atoms with van der Waals surface area (Å²) < 4.78 is 26.6. The van der Waals surface area contributed by atoms with Gasteiger partial charge in [0.05, 0.1) is 26.4 Å². The molecule has 5 aromatic rings. The van der Waals surface area contributed by atoms with E-state index >= 15 is 0 Å². The molecule has 0 N–H and O–H groups in total. The van der Waals surface area contributed by atoms with E-state index in [4.69, 9.17) is 18.9 Å². The summed E-state index contributed by atoms with van der Waals surface area (Å²) in [6.45, 7) is 11.8. The highest BCUT2D eigenvalue weighted by molar-refractivity contribution is 7.73. The third-order valence-corrected chi connectivity index (χ3v) is 15.3. The molecule has 5 heteroatoms. The van der Waals surface area contributed by atoms with Crippen molar-refractivity contribution in [2.75, 3.05) is 26.4 Å². The first-order chi connectivity index (χ1) is 32.1. The van der Waals surface area contributed by atoms with Crippen molar-refractivity contribution in [3.8, 4) is 45.3 Å². The van der Waals surface area contributed by atoms with Crippen molar-refractivity contribution < 1.29 is 18.9 Å². The molecular formula is C60H77O4P. The SMILES string of the molecule is CCCCCCOc1ccc(OCCCCCC)c(-c2cc(-c3cc(OCCCCCC)ccc3OCCCCCC)cc(C(C3C=CC=C3)P(c3ccccc3)c3ccccc3)c2)c1. The molecule has 4 nitrogen and oxygen atoms in total. The number of allylic oxidation sites excluding steroid dienone is 4. The Hall–Kier alpha value is -4.79. The fourth-order valence-electron chi connectivity index (χ4n) is 8.74. The maximum atomic E-state index is 6.76. The van der Waals surface area contributed by atoms with Crippen LogP contribution in [0.4, 0.5) is 0 Å². The van der Waals surface area contributed by atoms with Crippen molar-refractivity contribution in [1.82, 2.24) is 0 Å². The topological polar surface area (TPSA) is 36.9 Å². The second kappa shape index (κ2) is 28.3. The van der Waals surface area contributed by atoms with Gasteiger partial charge in [-0.3, -0.25) is 0 Å². The number of benzene rings is 5. The Kier molecular flexibility index (Phi) is 21.6. The first kappa shape index (κ1) is 49.6. The van der Waals surface area contributed by atoms with E-state index in [0.29, 0.717) is 26.4 Å². The monoisotopic (exact) mass is 893 g/mol. The van der Waals surface area contributed by atoms with Gasteiger partial charge in [-0.25, -0.2) is 0 Å². The van der Waals surface area contributed by atoms with Gasteiger partial charge in [-0.2, -0.15) is 0 Å². The van der Waals surface area contributed by atoms with Crippen LogP contribution in [0.1, 0.15) is 142 Å². The minimum absolute atomic E-state index is 0.135. The molecule has 5 aromatic carbocycles. The van der Waals surface area contributed by atoms with E-state index in [1.54, 1.807) is 0 Å². The van der Waals surface area contributed by atoms with Crippen LogP contribution in [0.5, 0.6) is 23.0 Å². The molecule has 0 saturated heterocycles. The number of unbranched alkanes of at least 4 members (excludes halogenated alkanes) is 12. The van der Waals surface area contributed by atoms with Crippen molar-refractivity contribution in [1.29, 1.82) is 0 Å². The first-order valence-electron chi connectivity index (χ1n) is 25.3. The average Bonchev–Trinajstić information content (AvgIpc) is 3.88. The van der Waals surface area contributed by atoms with Crippen LogP contribution in [0, 0.1) is 5.92 Å². The van der Waals surface area contributed by atoms with Gasteiger partial charge >= 0.3 is 0 Å². The van der Waals surface area contributed by atoms with Gasteiger partial charge in [0.2, 0.25) is 0 Å². The fourth-order valence-corrected chi connectivity index (χ4v) is 11.7. The lowest BCUT2D eigenvalue weighted by molar-refractivity contribution is 0.298. The van der Waals surface area contributed by atoms with Gasteiger partial charge in [-0.05, 0) is 103 Å². The van der Waals surface area contributed by atoms with Gasteiger partial charge in [0.1, 0.15) is 23.0 Å². The summed E-state index contributed by atoms with van der Waals surface area (Å²) in [6.07, 6.45) is 27.8. The van der Waals surface area contributed by atoms with E-state index in [1.165, 1.54) is 80.4 Å². The lowest BCUT2D eigenvalue weighted by Crippen LogP contribution is -2.21. The molecule has 0 bridgehead atoms. The van der Waals surface area contributed by atoms with Gasteiger partial charge in [0, 0.05) is 22.7 Å². The maximum Gasteiger partial charge on any atom is 0.127 e. The van der Waals surface area contributed by atoms with Crippen LogP contribution in [-0.4, -0.2) is 26.4 Å². The summed E-state index contributed by atoms with van der Waals surface area (Å²) in [5, 5.41) is 2.73. The van der Waals surface area contributed by atoms with Gasteiger partial charge < -0.3 is 18.9 Å². The van der Waals surface area contributed by atoms with Crippen LogP contribution < -0.4 is 29.6 Å². The van der Waals surface area contributed by atoms with Gasteiger partial charge in [-0.15, -0.1) is 0 Å². The summed E-state index contributed by atoms with van der Waals surface area (Å²) in [7, 11) is -0.864. The molecule has 0 amide bonds. The molecule has 0 saturated carbocycles. The van der Waals surface area contributed by atoms with Crippen LogP contribution >= 0.6 is 7.92 Å². The van der Waals surface area contributed by atoms with Crippen molar-refractivity contribution in [3.05, 3.63) is 145 Å². The van der Waals surface area contributed by atoms with Crippen LogP contribution in [0.15, 0.2) is 140 Å². The molecule has 1 unspecified atom stereocenters. The van der Waals surface area contributed by atoms with E-state index < -0.39 is 7.92 Å². The third kappa shape index (κ3) is 15.4. The highest BCUT2D eigenvalue weighted by Crippen LogP contribution is 2.56. The van der Waals surface area contributed by atoms with Crippen molar-refractivity contribution in [2.24, 2.45) is 5.92 Å². The predicted molar refractivity (Wildman–Crippen MR) is 279 cm³/mol. The molecule has 1 aliphatic rings. The van der Waals surface area contributed by atoms with Crippen LogP contribution in [0.3, 0.4) is 0 Å². The molecule has 0 radical (unpaired) electrons. The largest absolute Gasteiger partial charge is 0.494 e. The zero-order valence-corrected chi connectivity index (χ0v) is 41.1. The van der Waals surface area contributed by atoms with E-state index in [9.17, 15) is 0 Å². The minimum Gasteiger partial charge on any atom is -0.494 e. The van der Waals surface area contributed by atoms with E-state index in [0.717, 1.165) is 83.8 Å². The zero-order chi connectivity index (χ0) is 45.3. The molecule has 0 aromatic heterocycles. The van der Waals surface area contributed by atoms with Crippen LogP contribution in [-0.2, 0) is 0 Å². The first-order valence-corrected chi connectivity index (χ1v) is 26.7. The standard InChI is InChI=1S/C60H77O4P/c1-5-9-13-25-39-61-52-35-37-58(63-41-27-15-11-7-3)56(46-52)49-43-50(57-47-53(62-40-26-14-10-6-2)36-38-59(57)64-42-28-16-12-8-4)45-51(44-49)60(48-29-23-24-30-48)65(54-31-19-17-20-32-54)55-33-21-18-22-34-55/h17-24,29-38,43-48,60H,5-16,25-28,39-42H2,1-4H3. The second-order valence-electron chi connectivity index (χ2n) is 17.6. The molecule has 0 aliphatic heterocycles. The Morgan fingerprint density at radius 2 is 0.815 bits per heavy atom. The summed E-state index contributed by atoms with van der Waals surface area (Å²) in [4.78, 5) is 0. The van der Waals surface area contributed by atoms with Gasteiger partial charge in [-0.1, -0.05) is 202 Å². The summed E-state index contributed by atoms with van der Waals surface area (Å²) in [5.41, 5.74) is 5.77. The summed E-state index contributed by atoms with van der Waals surface area (Å²) in [6, 6.07) is 42.6. The van der Waals surface area contributed by atoms with Crippen LogP contribution in [0.2, 0.25) is 0 Å². The smallest absolute Gasteiger partial charge is 0.127 e. The Balaban J connectivity index is 1.55. The van der Waals surface area contributed by atoms with Gasteiger partial charge in [0.25, 0.3) is 0 Å². The van der Waals surface area contributed by atoms with E-state index in [2.05, 4.69) is 167 Å². The maximum absolute atomic E-state index is 6.76. The molecule has 346 valence electrons. The second-order valence-corrected chi connectivity index (χ2v) is 20.0. The lowest BCUT2D eigenvalue weighted by atomic mass is 9.91. The lowest BCUT2D eigenvalue weighted by Gasteiger charge is -2.33. The number of hydrogen-bond donors (Lipinski definition) is 0. The minimum atomic E-state index is -0.864. The third-order valence-electron chi connectivity index (χ3n) is 12.4. The summed E-state index contributed by atoms with van der Waals surface area (Å²) >= 11 is 0. The molecular weight excluding hydrogens is 816 g/mol. The molecule has 1 aliphatic carbocycles. The Morgan fingerprint density at radius 1 is 0.415 bits per heavy atom. The Labute approximate surface area is 394 Å². The molecule has 6 rings (SSSR count). The molecule has 1 atom stereocenters. The van der Waals surface area contributed by atoms with Crippen molar-refractivity contribution in [3.63, 3.8) is 0 Å². The van der Waals surface area contributed by atoms with E-state index in [1.807, 2.05) is 0 Å². The normalized spacial score (nSPS) is 12.8.